The molecule has 5 nitrogen and oxygen atoms in total. The minimum absolute atomic E-state index is 0.00848. The molecule has 3 rings (SSSR count). The summed E-state index contributed by atoms with van der Waals surface area (Å²) in [6.45, 7) is 4.96. The number of carbonyl (C=O) groups is 2. The summed E-state index contributed by atoms with van der Waals surface area (Å²) < 4.78 is -0.722. The molecule has 1 atom stereocenters. The lowest BCUT2D eigenvalue weighted by Crippen LogP contribution is -2.47. The van der Waals surface area contributed by atoms with Crippen LogP contribution in [0.15, 0.2) is 40.0 Å². The van der Waals surface area contributed by atoms with Gasteiger partial charge in [0.05, 0.1) is 10.6 Å². The minimum atomic E-state index is -0.722. The lowest BCUT2D eigenvalue weighted by atomic mass is 10.3. The number of Topliss-reactive ketones (excluding diaryl/α,β-unsaturated/α-hetero) is 2. The van der Waals surface area contributed by atoms with Crippen molar-refractivity contribution in [3.8, 4) is 0 Å². The van der Waals surface area contributed by atoms with Crippen LogP contribution in [0.5, 0.6) is 0 Å². The van der Waals surface area contributed by atoms with E-state index in [2.05, 4.69) is 5.10 Å². The predicted molar refractivity (Wildman–Crippen MR) is 101 cm³/mol. The Morgan fingerprint density at radius 3 is 2.25 bits per heavy atom. The zero-order chi connectivity index (χ0) is 17.6. The normalized spacial score (nSPS) is 23.3. The van der Waals surface area contributed by atoms with Gasteiger partial charge in [-0.15, -0.1) is 0 Å². The van der Waals surface area contributed by atoms with E-state index in [4.69, 9.17) is 11.6 Å². The molecule has 126 valence electrons. The zero-order valence-electron chi connectivity index (χ0n) is 13.7. The van der Waals surface area contributed by atoms with Crippen LogP contribution >= 0.6 is 35.1 Å². The Morgan fingerprint density at radius 2 is 1.75 bits per heavy atom. The Kier molecular flexibility index (Phi) is 4.44. The molecule has 0 radical (unpaired) electrons. The van der Waals surface area contributed by atoms with Crippen molar-refractivity contribution in [3.05, 3.63) is 39.9 Å². The molecule has 0 saturated carbocycles. The Balaban J connectivity index is 2.08. The van der Waals surface area contributed by atoms with Gasteiger partial charge >= 0.3 is 0 Å². The van der Waals surface area contributed by atoms with Gasteiger partial charge in [-0.2, -0.15) is 5.10 Å². The van der Waals surface area contributed by atoms with Crippen LogP contribution in [0.25, 0.3) is 0 Å². The summed E-state index contributed by atoms with van der Waals surface area (Å²) in [6, 6.07) is 7.27. The van der Waals surface area contributed by atoms with Gasteiger partial charge in [-0.1, -0.05) is 23.4 Å². The highest BCUT2D eigenvalue weighted by Gasteiger charge is 2.55. The first-order valence-electron chi connectivity index (χ1n) is 7.25. The molecular formula is C16H16ClN3O2S2. The van der Waals surface area contributed by atoms with Gasteiger partial charge in [-0.3, -0.25) is 9.59 Å². The largest absolute Gasteiger partial charge is 0.335 e. The number of hydrazone groups is 1. The van der Waals surface area contributed by atoms with Gasteiger partial charge in [-0.05, 0) is 49.9 Å². The number of hydrogen-bond donors (Lipinski definition) is 0. The Morgan fingerprint density at radius 1 is 1.12 bits per heavy atom. The summed E-state index contributed by atoms with van der Waals surface area (Å²) in [5, 5.41) is 7.35. The average Bonchev–Trinajstić information content (AvgIpc) is 3.03. The van der Waals surface area contributed by atoms with E-state index >= 15 is 0 Å². The van der Waals surface area contributed by atoms with Crippen LogP contribution in [-0.4, -0.2) is 32.9 Å². The van der Waals surface area contributed by atoms with Gasteiger partial charge in [0.25, 0.3) is 0 Å². The molecule has 0 aromatic heterocycles. The van der Waals surface area contributed by atoms with Crippen LogP contribution < -0.4 is 5.01 Å². The summed E-state index contributed by atoms with van der Waals surface area (Å²) in [5.74, 6) is -0.0899. The van der Waals surface area contributed by atoms with Crippen molar-refractivity contribution in [2.24, 2.45) is 5.10 Å². The van der Waals surface area contributed by atoms with Gasteiger partial charge < -0.3 is 4.90 Å². The fourth-order valence-corrected chi connectivity index (χ4v) is 5.53. The third-order valence-electron chi connectivity index (χ3n) is 3.87. The molecule has 0 aliphatic carbocycles. The van der Waals surface area contributed by atoms with Gasteiger partial charge in [0.1, 0.15) is 0 Å². The van der Waals surface area contributed by atoms with Crippen LogP contribution in [0.4, 0.5) is 5.69 Å². The maximum Gasteiger partial charge on any atom is 0.241 e. The van der Waals surface area contributed by atoms with E-state index in [-0.39, 0.29) is 11.6 Å². The summed E-state index contributed by atoms with van der Waals surface area (Å²) in [7, 11) is 1.91. The van der Waals surface area contributed by atoms with Crippen molar-refractivity contribution in [3.63, 3.8) is 0 Å². The van der Waals surface area contributed by atoms with Crippen molar-refractivity contribution >= 4 is 57.4 Å². The number of ketones is 2. The molecule has 0 N–H and O–H groups in total. The van der Waals surface area contributed by atoms with E-state index in [1.54, 1.807) is 24.1 Å². The lowest BCUT2D eigenvalue weighted by molar-refractivity contribution is -0.113. The van der Waals surface area contributed by atoms with Gasteiger partial charge in [0.15, 0.2) is 16.6 Å². The summed E-state index contributed by atoms with van der Waals surface area (Å²) in [6.07, 6.45) is 0. The van der Waals surface area contributed by atoms with Crippen LogP contribution in [0.3, 0.4) is 0 Å². The van der Waals surface area contributed by atoms with E-state index in [0.29, 0.717) is 15.0 Å². The first kappa shape index (κ1) is 17.4. The highest BCUT2D eigenvalue weighted by molar-refractivity contribution is 8.28. The van der Waals surface area contributed by atoms with Crippen molar-refractivity contribution in [1.82, 2.24) is 4.90 Å². The molecule has 24 heavy (non-hydrogen) atoms. The zero-order valence-corrected chi connectivity index (χ0v) is 16.1. The number of carbonyl (C=O) groups excluding carboxylic acids is 2. The van der Waals surface area contributed by atoms with Gasteiger partial charge in [0.2, 0.25) is 4.33 Å². The maximum atomic E-state index is 12.0. The third-order valence-corrected chi connectivity index (χ3v) is 7.40. The monoisotopic (exact) mass is 381 g/mol. The highest BCUT2D eigenvalue weighted by atomic mass is 35.5. The summed E-state index contributed by atoms with van der Waals surface area (Å²) >= 11 is 8.76. The maximum absolute atomic E-state index is 12.0. The van der Waals surface area contributed by atoms with Crippen molar-refractivity contribution in [2.45, 2.75) is 25.1 Å². The molecule has 0 saturated heterocycles. The second-order valence-corrected chi connectivity index (χ2v) is 8.57. The number of rotatable bonds is 3. The molecule has 1 aromatic carbocycles. The van der Waals surface area contributed by atoms with Crippen LogP contribution in [0, 0.1) is 0 Å². The standard InChI is InChI=1S/C16H16ClN3O2S2/c1-9-14(10(2)21)23-16(19(9)4)20(18-15(24-16)11(3)22)13-7-5-12(17)6-8-13/h5-8H,1-4H3. The molecule has 1 spiro atoms. The number of allylic oxidation sites excluding steroid dienone is 2. The Bertz CT molecular complexity index is 791. The Labute approximate surface area is 154 Å². The second kappa shape index (κ2) is 6.13. The molecule has 2 heterocycles. The lowest BCUT2D eigenvalue weighted by Gasteiger charge is -2.39. The van der Waals surface area contributed by atoms with Crippen LogP contribution in [0.1, 0.15) is 20.8 Å². The predicted octanol–water partition coefficient (Wildman–Crippen LogP) is 3.91. The third kappa shape index (κ3) is 2.64. The molecule has 0 amide bonds. The molecular weight excluding hydrogens is 366 g/mol. The molecule has 2 aliphatic heterocycles. The van der Waals surface area contributed by atoms with Crippen molar-refractivity contribution < 1.29 is 9.59 Å². The number of thioether (sulfide) groups is 2. The van der Waals surface area contributed by atoms with E-state index in [1.807, 2.05) is 31.0 Å². The van der Waals surface area contributed by atoms with Crippen molar-refractivity contribution in [2.75, 3.05) is 12.1 Å². The van der Waals surface area contributed by atoms with Crippen LogP contribution in [0.2, 0.25) is 5.02 Å². The summed E-state index contributed by atoms with van der Waals surface area (Å²) in [5.41, 5.74) is 1.68. The number of nitrogens with zero attached hydrogens (tertiary/aromatic N) is 3. The number of anilines is 1. The molecule has 0 bridgehead atoms. The molecule has 8 heteroatoms. The van der Waals surface area contributed by atoms with Gasteiger partial charge in [0, 0.05) is 24.7 Å². The first-order valence-corrected chi connectivity index (χ1v) is 9.26. The highest BCUT2D eigenvalue weighted by Crippen LogP contribution is 2.58. The fourth-order valence-electron chi connectivity index (χ4n) is 2.53. The average molecular weight is 382 g/mol. The number of benzene rings is 1. The quantitative estimate of drug-likeness (QED) is 0.791. The molecule has 1 aromatic rings. The van der Waals surface area contributed by atoms with E-state index < -0.39 is 4.33 Å². The molecule has 1 unspecified atom stereocenters. The topological polar surface area (TPSA) is 53.0 Å². The summed E-state index contributed by atoms with van der Waals surface area (Å²) in [4.78, 5) is 26.6. The first-order chi connectivity index (χ1) is 11.3. The van der Waals surface area contributed by atoms with E-state index in [0.717, 1.165) is 11.4 Å². The smallest absolute Gasteiger partial charge is 0.241 e. The van der Waals surface area contributed by atoms with E-state index in [9.17, 15) is 9.59 Å². The second-order valence-electron chi connectivity index (χ2n) is 5.53. The van der Waals surface area contributed by atoms with Gasteiger partial charge in [-0.25, -0.2) is 5.01 Å². The SMILES string of the molecule is CC(=O)C1=NN(c2ccc(Cl)cc2)C2(S1)SC(C(C)=O)=C(C)N2C. The minimum Gasteiger partial charge on any atom is -0.335 e. The number of hydrogen-bond acceptors (Lipinski definition) is 7. The van der Waals surface area contributed by atoms with Crippen LogP contribution in [-0.2, 0) is 9.59 Å². The Hall–Kier alpha value is -1.44. The molecule has 0 fully saturated rings. The number of halogens is 1. The van der Waals surface area contributed by atoms with E-state index in [1.165, 1.54) is 30.4 Å². The van der Waals surface area contributed by atoms with Crippen molar-refractivity contribution in [1.29, 1.82) is 0 Å². The molecule has 2 aliphatic rings. The fraction of sp³-hybridized carbons (Fsp3) is 0.312.